The van der Waals surface area contributed by atoms with E-state index < -0.39 is 6.03 Å². The summed E-state index contributed by atoms with van der Waals surface area (Å²) >= 11 is 0. The lowest BCUT2D eigenvalue weighted by Gasteiger charge is -2.20. The van der Waals surface area contributed by atoms with Crippen LogP contribution >= 0.6 is 0 Å². The van der Waals surface area contributed by atoms with Crippen LogP contribution in [-0.2, 0) is 0 Å². The molecule has 1 aliphatic rings. The van der Waals surface area contributed by atoms with Crippen LogP contribution in [0.25, 0.3) is 0 Å². The molecule has 2 amide bonds. The van der Waals surface area contributed by atoms with Gasteiger partial charge in [-0.15, -0.1) is 0 Å². The summed E-state index contributed by atoms with van der Waals surface area (Å²) in [5.74, 6) is 0.320. The first-order valence-corrected chi connectivity index (χ1v) is 7.54. The van der Waals surface area contributed by atoms with Crippen LogP contribution < -0.4 is 11.1 Å². The van der Waals surface area contributed by atoms with E-state index >= 15 is 0 Å². The zero-order valence-electron chi connectivity index (χ0n) is 12.9. The van der Waals surface area contributed by atoms with Crippen LogP contribution in [0.15, 0.2) is 23.2 Å². The van der Waals surface area contributed by atoms with Gasteiger partial charge in [0.25, 0.3) is 0 Å². The van der Waals surface area contributed by atoms with E-state index in [0.717, 1.165) is 42.7 Å². The summed E-state index contributed by atoms with van der Waals surface area (Å²) in [4.78, 5) is 18.0. The average molecular weight is 288 g/mol. The average Bonchev–Trinajstić information content (AvgIpc) is 2.72. The van der Waals surface area contributed by atoms with Gasteiger partial charge in [0.2, 0.25) is 5.96 Å². The molecule has 0 spiro atoms. The standard InChI is InChI=1S/C16H24N4O/c1-12-8-7-9-13(2)14(12)18-16(21)19-15(17)20-10-5-3-4-6-11-20/h7-9H,3-6,10-11H2,1-2H3,(H3,17,18,19,21). The summed E-state index contributed by atoms with van der Waals surface area (Å²) in [6.45, 7) is 5.69. The maximum Gasteiger partial charge on any atom is 0.348 e. The normalized spacial score (nSPS) is 16.5. The van der Waals surface area contributed by atoms with Gasteiger partial charge in [-0.1, -0.05) is 31.0 Å². The number of nitrogens with one attached hydrogen (secondary N) is 1. The Morgan fingerprint density at radius 3 is 2.29 bits per heavy atom. The van der Waals surface area contributed by atoms with Crippen molar-refractivity contribution < 1.29 is 4.79 Å². The number of likely N-dealkylation sites (tertiary alicyclic amines) is 1. The summed E-state index contributed by atoms with van der Waals surface area (Å²) in [5.41, 5.74) is 8.82. The molecule has 0 unspecified atom stereocenters. The van der Waals surface area contributed by atoms with Crippen LogP contribution in [0.3, 0.4) is 0 Å². The predicted octanol–water partition coefficient (Wildman–Crippen LogP) is 3.03. The van der Waals surface area contributed by atoms with E-state index in [1.54, 1.807) is 0 Å². The second-order valence-corrected chi connectivity index (χ2v) is 5.57. The number of hydrogen-bond acceptors (Lipinski definition) is 1. The quantitative estimate of drug-likeness (QED) is 0.616. The molecule has 2 rings (SSSR count). The molecular weight excluding hydrogens is 264 g/mol. The third-order valence-corrected chi connectivity index (χ3v) is 3.86. The van der Waals surface area contributed by atoms with Gasteiger partial charge in [0, 0.05) is 18.8 Å². The molecule has 1 fully saturated rings. The maximum atomic E-state index is 12.1. The molecule has 5 nitrogen and oxygen atoms in total. The number of aryl methyl sites for hydroxylation is 2. The molecule has 1 aromatic rings. The zero-order valence-corrected chi connectivity index (χ0v) is 12.9. The minimum atomic E-state index is -0.408. The lowest BCUT2D eigenvalue weighted by atomic mass is 10.1. The molecule has 1 aromatic carbocycles. The van der Waals surface area contributed by atoms with E-state index in [1.807, 2.05) is 36.9 Å². The molecule has 3 N–H and O–H groups in total. The number of nitrogens with zero attached hydrogens (tertiary/aromatic N) is 2. The lowest BCUT2D eigenvalue weighted by Crippen LogP contribution is -2.39. The molecule has 0 aromatic heterocycles. The molecule has 114 valence electrons. The molecule has 0 bridgehead atoms. The van der Waals surface area contributed by atoms with Gasteiger partial charge < -0.3 is 16.0 Å². The van der Waals surface area contributed by atoms with Crippen LogP contribution in [0.5, 0.6) is 0 Å². The van der Waals surface area contributed by atoms with Crippen molar-refractivity contribution in [3.05, 3.63) is 29.3 Å². The molecule has 0 saturated carbocycles. The number of rotatable bonds is 1. The van der Waals surface area contributed by atoms with Gasteiger partial charge in [0.15, 0.2) is 0 Å². The van der Waals surface area contributed by atoms with E-state index in [2.05, 4.69) is 10.3 Å². The second-order valence-electron chi connectivity index (χ2n) is 5.57. The van der Waals surface area contributed by atoms with Crippen molar-refractivity contribution in [2.75, 3.05) is 18.4 Å². The number of urea groups is 1. The minimum Gasteiger partial charge on any atom is -0.369 e. The Kier molecular flexibility index (Phi) is 5.20. The van der Waals surface area contributed by atoms with Crippen molar-refractivity contribution in [3.8, 4) is 0 Å². The summed E-state index contributed by atoms with van der Waals surface area (Å²) in [5, 5.41) is 2.83. The summed E-state index contributed by atoms with van der Waals surface area (Å²) in [6, 6.07) is 5.48. The number of aliphatic imine (C=N–C) groups is 1. The van der Waals surface area contributed by atoms with Crippen molar-refractivity contribution in [1.29, 1.82) is 0 Å². The fourth-order valence-electron chi connectivity index (χ4n) is 2.62. The van der Waals surface area contributed by atoms with Crippen LogP contribution in [-0.4, -0.2) is 30.0 Å². The van der Waals surface area contributed by atoms with E-state index in [9.17, 15) is 4.79 Å². The maximum absolute atomic E-state index is 12.1. The molecule has 0 atom stereocenters. The fourth-order valence-corrected chi connectivity index (χ4v) is 2.62. The number of nitrogens with two attached hydrogens (primary N) is 1. The largest absolute Gasteiger partial charge is 0.369 e. The second kappa shape index (κ2) is 7.11. The molecule has 0 aliphatic carbocycles. The highest BCUT2D eigenvalue weighted by atomic mass is 16.2. The van der Waals surface area contributed by atoms with E-state index in [4.69, 9.17) is 5.73 Å². The van der Waals surface area contributed by atoms with Crippen LogP contribution in [0.2, 0.25) is 0 Å². The van der Waals surface area contributed by atoms with Crippen molar-refractivity contribution in [3.63, 3.8) is 0 Å². The third kappa shape index (κ3) is 4.21. The molecule has 1 heterocycles. The molecule has 1 saturated heterocycles. The molecule has 5 heteroatoms. The first-order valence-electron chi connectivity index (χ1n) is 7.54. The summed E-state index contributed by atoms with van der Waals surface area (Å²) in [7, 11) is 0. The highest BCUT2D eigenvalue weighted by molar-refractivity contribution is 5.99. The highest BCUT2D eigenvalue weighted by Crippen LogP contribution is 2.19. The number of carbonyl (C=O) groups excluding carboxylic acids is 1. The van der Waals surface area contributed by atoms with Crippen molar-refractivity contribution in [1.82, 2.24) is 4.90 Å². The first-order chi connectivity index (χ1) is 10.1. The third-order valence-electron chi connectivity index (χ3n) is 3.86. The molecular formula is C16H24N4O. The Hall–Kier alpha value is -2.04. The monoisotopic (exact) mass is 288 g/mol. The van der Waals surface area contributed by atoms with Gasteiger partial charge in [0.05, 0.1) is 0 Å². The Morgan fingerprint density at radius 2 is 1.71 bits per heavy atom. The number of hydrogen-bond donors (Lipinski definition) is 2. The Labute approximate surface area is 126 Å². The minimum absolute atomic E-state index is 0.320. The molecule has 21 heavy (non-hydrogen) atoms. The van der Waals surface area contributed by atoms with E-state index in [-0.39, 0.29) is 0 Å². The Balaban J connectivity index is 2.04. The van der Waals surface area contributed by atoms with Gasteiger partial charge in [-0.25, -0.2) is 4.79 Å². The Bertz CT molecular complexity index is 511. The van der Waals surface area contributed by atoms with Gasteiger partial charge in [-0.2, -0.15) is 4.99 Å². The van der Waals surface area contributed by atoms with Gasteiger partial charge in [0.1, 0.15) is 0 Å². The number of carbonyl (C=O) groups is 1. The van der Waals surface area contributed by atoms with Crippen molar-refractivity contribution in [2.45, 2.75) is 39.5 Å². The van der Waals surface area contributed by atoms with Gasteiger partial charge in [-0.05, 0) is 37.8 Å². The predicted molar refractivity (Wildman–Crippen MR) is 86.6 cm³/mol. The van der Waals surface area contributed by atoms with Crippen LogP contribution in [0.4, 0.5) is 10.5 Å². The van der Waals surface area contributed by atoms with Crippen molar-refractivity contribution in [2.24, 2.45) is 10.7 Å². The topological polar surface area (TPSA) is 70.7 Å². The summed E-state index contributed by atoms with van der Waals surface area (Å²) < 4.78 is 0. The first kappa shape index (κ1) is 15.4. The number of guanidine groups is 1. The lowest BCUT2D eigenvalue weighted by molar-refractivity contribution is 0.259. The van der Waals surface area contributed by atoms with Crippen LogP contribution in [0, 0.1) is 13.8 Å². The summed E-state index contributed by atoms with van der Waals surface area (Å²) in [6.07, 6.45) is 4.65. The van der Waals surface area contributed by atoms with E-state index in [0.29, 0.717) is 5.96 Å². The van der Waals surface area contributed by atoms with Gasteiger partial charge >= 0.3 is 6.03 Å². The molecule has 0 radical (unpaired) electrons. The Morgan fingerprint density at radius 1 is 1.14 bits per heavy atom. The van der Waals surface area contributed by atoms with Crippen molar-refractivity contribution >= 4 is 17.7 Å². The van der Waals surface area contributed by atoms with Gasteiger partial charge in [-0.3, -0.25) is 0 Å². The molecule has 1 aliphatic heterocycles. The smallest absolute Gasteiger partial charge is 0.348 e. The fraction of sp³-hybridized carbons (Fsp3) is 0.500. The number of benzene rings is 1. The SMILES string of the molecule is Cc1cccc(C)c1NC(=O)N=C(N)N1CCCCCC1. The van der Waals surface area contributed by atoms with E-state index in [1.165, 1.54) is 12.8 Å². The number of para-hydroxylation sites is 1. The number of amides is 2. The zero-order chi connectivity index (χ0) is 15.2. The number of anilines is 1. The highest BCUT2D eigenvalue weighted by Gasteiger charge is 2.13. The van der Waals surface area contributed by atoms with Crippen LogP contribution in [0.1, 0.15) is 36.8 Å².